The molecule has 0 saturated carbocycles. The maximum absolute atomic E-state index is 11.9. The van der Waals surface area contributed by atoms with Crippen molar-refractivity contribution in [1.29, 1.82) is 0 Å². The van der Waals surface area contributed by atoms with Crippen LogP contribution in [0.25, 0.3) is 0 Å². The second-order valence-electron chi connectivity index (χ2n) is 4.25. The van der Waals surface area contributed by atoms with Crippen molar-refractivity contribution < 1.29 is 8.42 Å². The third-order valence-corrected chi connectivity index (χ3v) is 6.18. The Hall–Kier alpha value is -1.26. The third kappa shape index (κ3) is 5.09. The van der Waals surface area contributed by atoms with Gasteiger partial charge >= 0.3 is 0 Å². The summed E-state index contributed by atoms with van der Waals surface area (Å²) in [4.78, 5) is 0. The number of benzene rings is 2. The highest BCUT2D eigenvalue weighted by atomic mass is 33.1. The minimum atomic E-state index is -3.06. The molecule has 0 heterocycles. The Morgan fingerprint density at radius 1 is 0.789 bits per heavy atom. The maximum Gasteiger partial charge on any atom is 0.202 e. The summed E-state index contributed by atoms with van der Waals surface area (Å²) in [5.41, 5.74) is 2.10. The monoisotopic (exact) mass is 292 g/mol. The van der Waals surface area contributed by atoms with Gasteiger partial charge in [-0.3, -0.25) is 0 Å². The molecule has 0 aromatic heterocycles. The zero-order valence-corrected chi connectivity index (χ0v) is 12.2. The lowest BCUT2D eigenvalue weighted by molar-refractivity contribution is 0.609. The van der Waals surface area contributed by atoms with E-state index >= 15 is 0 Å². The molecule has 0 N–H and O–H groups in total. The molecule has 2 rings (SSSR count). The SMILES string of the molecule is O=S(=O)(CCc1ccccc1)SCc1ccccc1. The third-order valence-electron chi connectivity index (χ3n) is 2.73. The summed E-state index contributed by atoms with van der Waals surface area (Å²) in [5.74, 6) is 0.701. The molecule has 19 heavy (non-hydrogen) atoms. The molecule has 4 heteroatoms. The first-order valence-corrected chi connectivity index (χ1v) is 9.26. The Kier molecular flexibility index (Phi) is 5.05. The first-order chi connectivity index (χ1) is 9.16. The summed E-state index contributed by atoms with van der Waals surface area (Å²) in [5, 5.41) is 0. The van der Waals surface area contributed by atoms with Crippen LogP contribution in [0.2, 0.25) is 0 Å². The van der Waals surface area contributed by atoms with Crippen molar-refractivity contribution in [3.05, 3.63) is 71.8 Å². The summed E-state index contributed by atoms with van der Waals surface area (Å²) in [7, 11) is -2.04. The van der Waals surface area contributed by atoms with E-state index in [1.165, 1.54) is 0 Å². The van der Waals surface area contributed by atoms with Crippen LogP contribution in [0.5, 0.6) is 0 Å². The van der Waals surface area contributed by atoms with Crippen molar-refractivity contribution in [1.82, 2.24) is 0 Å². The first-order valence-electron chi connectivity index (χ1n) is 6.11. The molecule has 0 atom stereocenters. The van der Waals surface area contributed by atoms with E-state index in [0.717, 1.165) is 21.9 Å². The summed E-state index contributed by atoms with van der Waals surface area (Å²) in [6.07, 6.45) is 0.574. The van der Waals surface area contributed by atoms with Gasteiger partial charge in [0, 0.05) is 5.75 Å². The van der Waals surface area contributed by atoms with E-state index in [2.05, 4.69) is 0 Å². The molecule has 0 aliphatic carbocycles. The number of hydrogen-bond donors (Lipinski definition) is 0. The van der Waals surface area contributed by atoms with Crippen molar-refractivity contribution in [2.24, 2.45) is 0 Å². The lowest BCUT2D eigenvalue weighted by Crippen LogP contribution is -2.04. The molecule has 0 unspecified atom stereocenters. The molecule has 0 spiro atoms. The van der Waals surface area contributed by atoms with Crippen LogP contribution in [0.4, 0.5) is 0 Å². The second kappa shape index (κ2) is 6.78. The molecule has 0 aliphatic rings. The number of aryl methyl sites for hydroxylation is 1. The van der Waals surface area contributed by atoms with E-state index in [1.54, 1.807) is 0 Å². The first kappa shape index (κ1) is 14.2. The Morgan fingerprint density at radius 3 is 1.89 bits per heavy atom. The van der Waals surface area contributed by atoms with E-state index in [1.807, 2.05) is 60.7 Å². The van der Waals surface area contributed by atoms with Crippen LogP contribution in [0.15, 0.2) is 60.7 Å². The molecule has 2 aromatic carbocycles. The smallest absolute Gasteiger partial charge is 0.202 e. The fraction of sp³-hybridized carbons (Fsp3) is 0.200. The molecule has 2 aromatic rings. The molecule has 0 aliphatic heterocycles. The summed E-state index contributed by atoms with van der Waals surface area (Å²) >= 11 is 0. The van der Waals surface area contributed by atoms with Gasteiger partial charge in [0.15, 0.2) is 0 Å². The van der Waals surface area contributed by atoms with Crippen molar-refractivity contribution >= 4 is 19.7 Å². The normalized spacial score (nSPS) is 11.4. The van der Waals surface area contributed by atoms with Gasteiger partial charge in [0.25, 0.3) is 0 Å². The standard InChI is InChI=1S/C15H16O2S2/c16-19(17,12-11-14-7-3-1-4-8-14)18-13-15-9-5-2-6-10-15/h1-10H,11-13H2. The molecular formula is C15H16O2S2. The number of hydrogen-bond acceptors (Lipinski definition) is 3. The fourth-order valence-corrected chi connectivity index (χ4v) is 4.34. The Morgan fingerprint density at radius 2 is 1.32 bits per heavy atom. The van der Waals surface area contributed by atoms with Crippen molar-refractivity contribution in [2.45, 2.75) is 12.2 Å². The fourth-order valence-electron chi connectivity index (χ4n) is 1.68. The molecule has 0 saturated heterocycles. The molecule has 0 bridgehead atoms. The topological polar surface area (TPSA) is 34.1 Å². The minimum Gasteiger partial charge on any atom is -0.217 e. The lowest BCUT2D eigenvalue weighted by Gasteiger charge is -2.04. The van der Waals surface area contributed by atoms with Crippen LogP contribution in [0.3, 0.4) is 0 Å². The Balaban J connectivity index is 1.86. The van der Waals surface area contributed by atoms with Gasteiger partial charge in [0.2, 0.25) is 8.87 Å². The van der Waals surface area contributed by atoms with Gasteiger partial charge in [-0.05, 0) is 28.3 Å². The lowest BCUT2D eigenvalue weighted by atomic mass is 10.2. The van der Waals surface area contributed by atoms with Gasteiger partial charge in [0.05, 0.1) is 5.75 Å². The van der Waals surface area contributed by atoms with Gasteiger partial charge in [-0.2, -0.15) is 0 Å². The summed E-state index contributed by atoms with van der Waals surface area (Å²) in [6, 6.07) is 19.4. The largest absolute Gasteiger partial charge is 0.217 e. The average Bonchev–Trinajstić information content (AvgIpc) is 2.46. The van der Waals surface area contributed by atoms with Crippen molar-refractivity contribution in [3.63, 3.8) is 0 Å². The number of rotatable bonds is 6. The van der Waals surface area contributed by atoms with Gasteiger partial charge in [-0.1, -0.05) is 60.7 Å². The predicted molar refractivity (Wildman–Crippen MR) is 81.7 cm³/mol. The molecule has 2 nitrogen and oxygen atoms in total. The minimum absolute atomic E-state index is 0.189. The van der Waals surface area contributed by atoms with E-state index in [4.69, 9.17) is 0 Å². The van der Waals surface area contributed by atoms with Crippen LogP contribution in [0, 0.1) is 0 Å². The van der Waals surface area contributed by atoms with Crippen LogP contribution in [-0.4, -0.2) is 14.2 Å². The second-order valence-corrected chi connectivity index (χ2v) is 8.52. The zero-order chi connectivity index (χ0) is 13.6. The maximum atomic E-state index is 11.9. The highest BCUT2D eigenvalue weighted by molar-refractivity contribution is 8.71. The van der Waals surface area contributed by atoms with E-state index in [9.17, 15) is 8.42 Å². The highest BCUT2D eigenvalue weighted by Crippen LogP contribution is 2.20. The van der Waals surface area contributed by atoms with Gasteiger partial charge in [-0.25, -0.2) is 8.42 Å². The quantitative estimate of drug-likeness (QED) is 0.764. The highest BCUT2D eigenvalue weighted by Gasteiger charge is 2.11. The van der Waals surface area contributed by atoms with Gasteiger partial charge in [0.1, 0.15) is 0 Å². The summed E-state index contributed by atoms with van der Waals surface area (Å²) < 4.78 is 23.9. The molecular weight excluding hydrogens is 276 g/mol. The average molecular weight is 292 g/mol. The summed E-state index contributed by atoms with van der Waals surface area (Å²) in [6.45, 7) is 0. The van der Waals surface area contributed by atoms with Crippen molar-refractivity contribution in [2.75, 3.05) is 5.75 Å². The van der Waals surface area contributed by atoms with Crippen LogP contribution in [0.1, 0.15) is 11.1 Å². The van der Waals surface area contributed by atoms with Crippen molar-refractivity contribution in [3.8, 4) is 0 Å². The molecule has 100 valence electrons. The predicted octanol–water partition coefficient (Wildman–Crippen LogP) is 3.49. The van der Waals surface area contributed by atoms with E-state index in [-0.39, 0.29) is 5.75 Å². The Bertz CT molecular complexity index is 543. The molecule has 0 radical (unpaired) electrons. The van der Waals surface area contributed by atoms with Gasteiger partial charge in [-0.15, -0.1) is 0 Å². The van der Waals surface area contributed by atoms with Crippen LogP contribution < -0.4 is 0 Å². The van der Waals surface area contributed by atoms with Crippen LogP contribution >= 0.6 is 10.8 Å². The molecule has 0 fully saturated rings. The molecule has 0 amide bonds. The van der Waals surface area contributed by atoms with Crippen LogP contribution in [-0.2, 0) is 21.0 Å². The van der Waals surface area contributed by atoms with E-state index < -0.39 is 8.87 Å². The van der Waals surface area contributed by atoms with E-state index in [0.29, 0.717) is 12.2 Å². The zero-order valence-electron chi connectivity index (χ0n) is 10.5. The Labute approximate surface area is 118 Å². The van der Waals surface area contributed by atoms with Gasteiger partial charge < -0.3 is 0 Å².